The standard InChI is InChI=1S/C17H13NO4/c1-11-8-9-14(13-6-3-2-5-12(11)13)21-17(20)22-15-7-4-10-18-16(15)19/h2-10H,1H3,(H,18,19). The average molecular weight is 295 g/mol. The number of carbonyl (C=O) groups is 1. The summed E-state index contributed by atoms with van der Waals surface area (Å²) in [5, 5.41) is 1.80. The Labute approximate surface area is 126 Å². The van der Waals surface area contributed by atoms with Gasteiger partial charge in [-0.15, -0.1) is 0 Å². The van der Waals surface area contributed by atoms with Gasteiger partial charge in [0, 0.05) is 11.6 Å². The van der Waals surface area contributed by atoms with E-state index in [4.69, 9.17) is 9.47 Å². The summed E-state index contributed by atoms with van der Waals surface area (Å²) in [6, 6.07) is 14.1. The lowest BCUT2D eigenvalue weighted by Crippen LogP contribution is -2.19. The Kier molecular flexibility index (Phi) is 3.62. The molecule has 3 rings (SSSR count). The molecule has 0 aliphatic carbocycles. The van der Waals surface area contributed by atoms with E-state index in [1.54, 1.807) is 12.1 Å². The van der Waals surface area contributed by atoms with Crippen molar-refractivity contribution in [3.8, 4) is 11.5 Å². The first-order valence-corrected chi connectivity index (χ1v) is 6.71. The number of aryl methyl sites for hydroxylation is 1. The van der Waals surface area contributed by atoms with Crippen molar-refractivity contribution in [2.45, 2.75) is 6.92 Å². The zero-order valence-electron chi connectivity index (χ0n) is 11.8. The Morgan fingerprint density at radius 1 is 0.909 bits per heavy atom. The fourth-order valence-corrected chi connectivity index (χ4v) is 2.20. The first kappa shape index (κ1) is 13.9. The molecule has 1 N–H and O–H groups in total. The summed E-state index contributed by atoms with van der Waals surface area (Å²) >= 11 is 0. The third kappa shape index (κ3) is 2.69. The maximum Gasteiger partial charge on any atom is 0.519 e. The number of ether oxygens (including phenoxy) is 2. The molecule has 0 radical (unpaired) electrons. The van der Waals surface area contributed by atoms with Gasteiger partial charge in [-0.1, -0.05) is 30.3 Å². The highest BCUT2D eigenvalue weighted by Crippen LogP contribution is 2.28. The molecule has 0 bridgehead atoms. The molecular weight excluding hydrogens is 282 g/mol. The van der Waals surface area contributed by atoms with Gasteiger partial charge >= 0.3 is 6.16 Å². The molecule has 5 heteroatoms. The minimum atomic E-state index is -0.953. The summed E-state index contributed by atoms with van der Waals surface area (Å²) in [5.41, 5.74) is 0.587. The van der Waals surface area contributed by atoms with E-state index in [9.17, 15) is 9.59 Å². The van der Waals surface area contributed by atoms with Crippen LogP contribution in [0.4, 0.5) is 4.79 Å². The molecule has 1 heterocycles. The normalized spacial score (nSPS) is 10.4. The van der Waals surface area contributed by atoms with Crippen molar-refractivity contribution >= 4 is 16.9 Å². The number of aromatic nitrogens is 1. The average Bonchev–Trinajstić information content (AvgIpc) is 2.53. The lowest BCUT2D eigenvalue weighted by atomic mass is 10.1. The Hall–Kier alpha value is -3.08. The smallest absolute Gasteiger partial charge is 0.394 e. The van der Waals surface area contributed by atoms with Crippen LogP contribution in [0.15, 0.2) is 59.5 Å². The molecule has 3 aromatic rings. The molecule has 1 aromatic heterocycles. The minimum absolute atomic E-state index is 0.107. The lowest BCUT2D eigenvalue weighted by molar-refractivity contribution is 0.152. The highest BCUT2D eigenvalue weighted by molar-refractivity contribution is 5.92. The predicted molar refractivity (Wildman–Crippen MR) is 82.4 cm³/mol. The molecule has 0 saturated carbocycles. The first-order chi connectivity index (χ1) is 10.6. The minimum Gasteiger partial charge on any atom is -0.394 e. The number of hydrogen-bond acceptors (Lipinski definition) is 4. The number of hydrogen-bond donors (Lipinski definition) is 1. The Bertz CT molecular complexity index is 898. The highest BCUT2D eigenvalue weighted by Gasteiger charge is 2.13. The number of pyridine rings is 1. The van der Waals surface area contributed by atoms with Gasteiger partial charge < -0.3 is 14.5 Å². The van der Waals surface area contributed by atoms with E-state index in [0.717, 1.165) is 16.3 Å². The number of rotatable bonds is 2. The van der Waals surface area contributed by atoms with Gasteiger partial charge in [-0.3, -0.25) is 4.79 Å². The molecule has 0 amide bonds. The number of carbonyl (C=O) groups excluding carboxylic acids is 1. The second-order valence-electron chi connectivity index (χ2n) is 4.74. The van der Waals surface area contributed by atoms with E-state index in [1.165, 1.54) is 12.3 Å². The van der Waals surface area contributed by atoms with E-state index in [0.29, 0.717) is 5.75 Å². The van der Waals surface area contributed by atoms with Crippen LogP contribution in [-0.2, 0) is 0 Å². The first-order valence-electron chi connectivity index (χ1n) is 6.71. The van der Waals surface area contributed by atoms with Gasteiger partial charge in [-0.2, -0.15) is 0 Å². The van der Waals surface area contributed by atoms with Gasteiger partial charge in [-0.05, 0) is 36.1 Å². The third-order valence-corrected chi connectivity index (χ3v) is 3.27. The number of fused-ring (bicyclic) bond motifs is 1. The fourth-order valence-electron chi connectivity index (χ4n) is 2.20. The number of H-pyrrole nitrogens is 1. The van der Waals surface area contributed by atoms with Crippen molar-refractivity contribution in [1.82, 2.24) is 4.98 Å². The molecule has 5 nitrogen and oxygen atoms in total. The van der Waals surface area contributed by atoms with Crippen LogP contribution in [0.25, 0.3) is 10.8 Å². The van der Waals surface area contributed by atoms with E-state index in [1.807, 2.05) is 37.3 Å². The Morgan fingerprint density at radius 3 is 2.41 bits per heavy atom. The van der Waals surface area contributed by atoms with Crippen LogP contribution in [0.3, 0.4) is 0 Å². The quantitative estimate of drug-likeness (QED) is 0.581. The Balaban J connectivity index is 1.88. The monoisotopic (exact) mass is 295 g/mol. The number of aromatic amines is 1. The summed E-state index contributed by atoms with van der Waals surface area (Å²) in [6.07, 6.45) is 0.499. The summed E-state index contributed by atoms with van der Waals surface area (Å²) in [4.78, 5) is 25.8. The van der Waals surface area contributed by atoms with E-state index < -0.39 is 11.7 Å². The number of nitrogens with one attached hydrogen (secondary N) is 1. The van der Waals surface area contributed by atoms with Crippen molar-refractivity contribution in [2.24, 2.45) is 0 Å². The molecule has 0 unspecified atom stereocenters. The van der Waals surface area contributed by atoms with Gasteiger partial charge in [0.25, 0.3) is 5.56 Å². The maximum atomic E-state index is 11.9. The van der Waals surface area contributed by atoms with Gasteiger partial charge in [0.2, 0.25) is 0 Å². The van der Waals surface area contributed by atoms with E-state index in [-0.39, 0.29) is 5.75 Å². The third-order valence-electron chi connectivity index (χ3n) is 3.27. The second kappa shape index (κ2) is 5.73. The summed E-state index contributed by atoms with van der Waals surface area (Å²) in [7, 11) is 0. The molecule has 0 aliphatic rings. The Morgan fingerprint density at radius 2 is 1.64 bits per heavy atom. The largest absolute Gasteiger partial charge is 0.519 e. The van der Waals surface area contributed by atoms with Crippen molar-refractivity contribution in [1.29, 1.82) is 0 Å². The molecule has 0 aliphatic heterocycles. The highest BCUT2D eigenvalue weighted by atomic mass is 16.7. The SMILES string of the molecule is Cc1ccc(OC(=O)Oc2ccc[nH]c2=O)c2ccccc12. The second-order valence-corrected chi connectivity index (χ2v) is 4.74. The van der Waals surface area contributed by atoms with Crippen LogP contribution in [0, 0.1) is 6.92 Å². The van der Waals surface area contributed by atoms with Crippen molar-refractivity contribution in [3.05, 3.63) is 70.6 Å². The molecule has 0 fully saturated rings. The van der Waals surface area contributed by atoms with Crippen molar-refractivity contribution < 1.29 is 14.3 Å². The lowest BCUT2D eigenvalue weighted by Gasteiger charge is -2.09. The molecule has 0 saturated heterocycles. The van der Waals surface area contributed by atoms with Crippen LogP contribution in [0.1, 0.15) is 5.56 Å². The molecular formula is C17H13NO4. The van der Waals surface area contributed by atoms with Crippen LogP contribution < -0.4 is 15.0 Å². The number of benzene rings is 2. The fraction of sp³-hybridized carbons (Fsp3) is 0.0588. The van der Waals surface area contributed by atoms with E-state index in [2.05, 4.69) is 4.98 Å². The zero-order valence-corrected chi connectivity index (χ0v) is 11.8. The molecule has 22 heavy (non-hydrogen) atoms. The molecule has 2 aromatic carbocycles. The van der Waals surface area contributed by atoms with Crippen molar-refractivity contribution in [2.75, 3.05) is 0 Å². The summed E-state index contributed by atoms with van der Waals surface area (Å²) < 4.78 is 10.2. The van der Waals surface area contributed by atoms with Crippen LogP contribution in [0.5, 0.6) is 11.5 Å². The van der Waals surface area contributed by atoms with Crippen LogP contribution in [0.2, 0.25) is 0 Å². The van der Waals surface area contributed by atoms with Crippen LogP contribution in [-0.4, -0.2) is 11.1 Å². The van der Waals surface area contributed by atoms with E-state index >= 15 is 0 Å². The van der Waals surface area contributed by atoms with Gasteiger partial charge in [0.1, 0.15) is 5.75 Å². The van der Waals surface area contributed by atoms with Crippen LogP contribution >= 0.6 is 0 Å². The molecule has 0 atom stereocenters. The predicted octanol–water partition coefficient (Wildman–Crippen LogP) is 3.41. The summed E-state index contributed by atoms with van der Waals surface area (Å²) in [5.74, 6) is 0.280. The van der Waals surface area contributed by atoms with Gasteiger partial charge in [0.15, 0.2) is 5.75 Å². The zero-order chi connectivity index (χ0) is 15.5. The van der Waals surface area contributed by atoms with Crippen molar-refractivity contribution in [3.63, 3.8) is 0 Å². The topological polar surface area (TPSA) is 68.4 Å². The molecule has 110 valence electrons. The molecule has 0 spiro atoms. The van der Waals surface area contributed by atoms with Gasteiger partial charge in [0.05, 0.1) is 0 Å². The maximum absolute atomic E-state index is 11.9. The summed E-state index contributed by atoms with van der Waals surface area (Å²) in [6.45, 7) is 1.98. The van der Waals surface area contributed by atoms with Gasteiger partial charge in [-0.25, -0.2) is 4.79 Å².